The molecule has 1 rings (SSSR count). The molecule has 1 aromatic carbocycles. The topological polar surface area (TPSA) is 69.2 Å². The van der Waals surface area contributed by atoms with Crippen molar-refractivity contribution in [3.05, 3.63) is 38.9 Å². The van der Waals surface area contributed by atoms with Gasteiger partial charge in [0.05, 0.1) is 9.95 Å². The molecular formula is C10H13ClN2O2. The summed E-state index contributed by atoms with van der Waals surface area (Å²) < 4.78 is 0. The molecule has 15 heavy (non-hydrogen) atoms. The third kappa shape index (κ3) is 3.18. The van der Waals surface area contributed by atoms with E-state index in [2.05, 4.69) is 0 Å². The standard InChI is InChI=1S/C10H13ClN2O2/c11-9-5-3-6-10(13(14)15)8(9)4-1-2-7-12/h3,5-6H,1-2,4,7,12H2. The molecule has 82 valence electrons. The van der Waals surface area contributed by atoms with Crippen LogP contribution in [0.15, 0.2) is 18.2 Å². The molecule has 5 heteroatoms. The predicted octanol–water partition coefficient (Wildman–Crippen LogP) is 2.53. The minimum Gasteiger partial charge on any atom is -0.330 e. The first-order chi connectivity index (χ1) is 7.16. The normalized spacial score (nSPS) is 10.3. The minimum atomic E-state index is -0.399. The highest BCUT2D eigenvalue weighted by Gasteiger charge is 2.15. The van der Waals surface area contributed by atoms with E-state index in [1.54, 1.807) is 12.1 Å². The number of nitro groups is 1. The first kappa shape index (κ1) is 11.9. The van der Waals surface area contributed by atoms with Crippen molar-refractivity contribution in [2.24, 2.45) is 5.73 Å². The molecule has 0 aliphatic rings. The molecule has 4 nitrogen and oxygen atoms in total. The maximum atomic E-state index is 10.7. The van der Waals surface area contributed by atoms with Crippen molar-refractivity contribution < 1.29 is 4.92 Å². The summed E-state index contributed by atoms with van der Waals surface area (Å²) in [6.07, 6.45) is 2.27. The van der Waals surface area contributed by atoms with Crippen LogP contribution in [-0.2, 0) is 6.42 Å². The van der Waals surface area contributed by atoms with Crippen LogP contribution in [0.1, 0.15) is 18.4 Å². The molecule has 0 spiro atoms. The molecule has 0 saturated heterocycles. The number of halogens is 1. The van der Waals surface area contributed by atoms with E-state index in [0.717, 1.165) is 12.8 Å². The average molecular weight is 229 g/mol. The summed E-state index contributed by atoms with van der Waals surface area (Å²) in [5.41, 5.74) is 6.07. The second-order valence-corrected chi connectivity index (χ2v) is 3.65. The van der Waals surface area contributed by atoms with Gasteiger partial charge >= 0.3 is 0 Å². The third-order valence-corrected chi connectivity index (χ3v) is 2.53. The number of unbranched alkanes of at least 4 members (excludes halogenated alkanes) is 1. The van der Waals surface area contributed by atoms with Crippen molar-refractivity contribution in [1.82, 2.24) is 0 Å². The van der Waals surface area contributed by atoms with Gasteiger partial charge in [0.15, 0.2) is 0 Å². The molecule has 0 atom stereocenters. The van der Waals surface area contributed by atoms with Gasteiger partial charge in [-0.3, -0.25) is 10.1 Å². The Balaban J connectivity index is 2.87. The van der Waals surface area contributed by atoms with E-state index in [0.29, 0.717) is 23.6 Å². The van der Waals surface area contributed by atoms with Crippen molar-refractivity contribution in [1.29, 1.82) is 0 Å². The molecule has 0 bridgehead atoms. The van der Waals surface area contributed by atoms with Crippen molar-refractivity contribution >= 4 is 17.3 Å². The van der Waals surface area contributed by atoms with Gasteiger partial charge in [-0.2, -0.15) is 0 Å². The van der Waals surface area contributed by atoms with Crippen LogP contribution in [0.5, 0.6) is 0 Å². The van der Waals surface area contributed by atoms with Gasteiger partial charge in [-0.05, 0) is 31.9 Å². The number of hydrogen-bond acceptors (Lipinski definition) is 3. The molecule has 0 unspecified atom stereocenters. The van der Waals surface area contributed by atoms with Crippen molar-refractivity contribution in [3.63, 3.8) is 0 Å². The van der Waals surface area contributed by atoms with Gasteiger partial charge in [0.2, 0.25) is 0 Å². The highest BCUT2D eigenvalue weighted by Crippen LogP contribution is 2.27. The molecule has 0 fully saturated rings. The van der Waals surface area contributed by atoms with Crippen LogP contribution in [0, 0.1) is 10.1 Å². The molecule has 0 amide bonds. The fraction of sp³-hybridized carbons (Fsp3) is 0.400. The Morgan fingerprint density at radius 1 is 1.40 bits per heavy atom. The summed E-state index contributed by atoms with van der Waals surface area (Å²) in [4.78, 5) is 10.3. The zero-order chi connectivity index (χ0) is 11.3. The Hall–Kier alpha value is -1.13. The van der Waals surface area contributed by atoms with E-state index in [4.69, 9.17) is 17.3 Å². The number of rotatable bonds is 5. The number of nitro benzene ring substituents is 1. The largest absolute Gasteiger partial charge is 0.330 e. The maximum absolute atomic E-state index is 10.7. The van der Waals surface area contributed by atoms with Gasteiger partial charge in [0.1, 0.15) is 0 Å². The van der Waals surface area contributed by atoms with Gasteiger partial charge < -0.3 is 5.73 Å². The van der Waals surface area contributed by atoms with Crippen LogP contribution in [0.25, 0.3) is 0 Å². The monoisotopic (exact) mass is 228 g/mol. The van der Waals surface area contributed by atoms with Crippen LogP contribution in [0.3, 0.4) is 0 Å². The lowest BCUT2D eigenvalue weighted by Gasteiger charge is -2.04. The quantitative estimate of drug-likeness (QED) is 0.478. The van der Waals surface area contributed by atoms with E-state index in [9.17, 15) is 10.1 Å². The Morgan fingerprint density at radius 3 is 2.73 bits per heavy atom. The lowest BCUT2D eigenvalue weighted by molar-refractivity contribution is -0.385. The summed E-state index contributed by atoms with van der Waals surface area (Å²) in [5, 5.41) is 11.2. The van der Waals surface area contributed by atoms with Crippen LogP contribution >= 0.6 is 11.6 Å². The van der Waals surface area contributed by atoms with Crippen LogP contribution in [0.4, 0.5) is 5.69 Å². The zero-order valence-corrected chi connectivity index (χ0v) is 9.04. The fourth-order valence-corrected chi connectivity index (χ4v) is 1.68. The zero-order valence-electron chi connectivity index (χ0n) is 8.28. The van der Waals surface area contributed by atoms with Crippen molar-refractivity contribution in [3.8, 4) is 0 Å². The highest BCUT2D eigenvalue weighted by atomic mass is 35.5. The predicted molar refractivity (Wildman–Crippen MR) is 60.1 cm³/mol. The van der Waals surface area contributed by atoms with Crippen LogP contribution in [0.2, 0.25) is 5.02 Å². The minimum absolute atomic E-state index is 0.0968. The highest BCUT2D eigenvalue weighted by molar-refractivity contribution is 6.31. The van der Waals surface area contributed by atoms with E-state index in [-0.39, 0.29) is 5.69 Å². The molecule has 0 saturated carbocycles. The van der Waals surface area contributed by atoms with Gasteiger partial charge in [-0.1, -0.05) is 17.7 Å². The molecule has 0 aliphatic carbocycles. The van der Waals surface area contributed by atoms with Gasteiger partial charge in [0, 0.05) is 11.6 Å². The van der Waals surface area contributed by atoms with Crippen molar-refractivity contribution in [2.75, 3.05) is 6.54 Å². The second kappa shape index (κ2) is 5.68. The summed E-state index contributed by atoms with van der Waals surface area (Å²) in [6.45, 7) is 0.595. The summed E-state index contributed by atoms with van der Waals surface area (Å²) in [5.74, 6) is 0. The third-order valence-electron chi connectivity index (χ3n) is 2.17. The summed E-state index contributed by atoms with van der Waals surface area (Å²) >= 11 is 5.92. The Bertz CT molecular complexity index is 355. The number of hydrogen-bond donors (Lipinski definition) is 1. The Labute approximate surface area is 93.2 Å². The number of nitrogens with two attached hydrogens (primary N) is 1. The Morgan fingerprint density at radius 2 is 2.13 bits per heavy atom. The van der Waals surface area contributed by atoms with E-state index >= 15 is 0 Å². The van der Waals surface area contributed by atoms with E-state index in [1.165, 1.54) is 6.07 Å². The van der Waals surface area contributed by atoms with Gasteiger partial charge in [-0.15, -0.1) is 0 Å². The van der Waals surface area contributed by atoms with Crippen LogP contribution < -0.4 is 5.73 Å². The number of nitrogens with zero attached hydrogens (tertiary/aromatic N) is 1. The molecule has 1 aromatic rings. The molecule has 2 N–H and O–H groups in total. The van der Waals surface area contributed by atoms with Crippen molar-refractivity contribution in [2.45, 2.75) is 19.3 Å². The van der Waals surface area contributed by atoms with E-state index in [1.807, 2.05) is 0 Å². The first-order valence-corrected chi connectivity index (χ1v) is 5.16. The average Bonchev–Trinajstić information content (AvgIpc) is 2.20. The molecular weight excluding hydrogens is 216 g/mol. The SMILES string of the molecule is NCCCCc1c(Cl)cccc1[N+](=O)[O-]. The molecule has 0 radical (unpaired) electrons. The second-order valence-electron chi connectivity index (χ2n) is 3.24. The Kier molecular flexibility index (Phi) is 4.52. The summed E-state index contributed by atoms with van der Waals surface area (Å²) in [7, 11) is 0. The van der Waals surface area contributed by atoms with E-state index < -0.39 is 4.92 Å². The number of benzene rings is 1. The van der Waals surface area contributed by atoms with Gasteiger partial charge in [0.25, 0.3) is 5.69 Å². The molecule has 0 aromatic heterocycles. The lowest BCUT2D eigenvalue weighted by atomic mass is 10.1. The molecule has 0 heterocycles. The maximum Gasteiger partial charge on any atom is 0.274 e. The fourth-order valence-electron chi connectivity index (χ4n) is 1.41. The van der Waals surface area contributed by atoms with Crippen LogP contribution in [-0.4, -0.2) is 11.5 Å². The van der Waals surface area contributed by atoms with Gasteiger partial charge in [-0.25, -0.2) is 0 Å². The lowest BCUT2D eigenvalue weighted by Crippen LogP contribution is -2.01. The first-order valence-electron chi connectivity index (χ1n) is 4.78. The molecule has 0 aliphatic heterocycles. The summed E-state index contributed by atoms with van der Waals surface area (Å²) in [6, 6.07) is 4.74. The smallest absolute Gasteiger partial charge is 0.274 e.